The van der Waals surface area contributed by atoms with E-state index in [4.69, 9.17) is 5.73 Å². The SMILES string of the molecule is CCc1[nH]n(-c2ccccc2F)c(=O)c1N. The molecule has 0 aliphatic rings. The van der Waals surface area contributed by atoms with Crippen LogP contribution in [0.4, 0.5) is 10.1 Å². The highest BCUT2D eigenvalue weighted by molar-refractivity contribution is 5.44. The average molecular weight is 221 g/mol. The molecular weight excluding hydrogens is 209 g/mol. The Morgan fingerprint density at radius 2 is 2.12 bits per heavy atom. The number of aromatic amines is 1. The van der Waals surface area contributed by atoms with Gasteiger partial charge >= 0.3 is 0 Å². The molecule has 84 valence electrons. The van der Waals surface area contributed by atoms with Crippen LogP contribution in [0.5, 0.6) is 0 Å². The minimum Gasteiger partial charge on any atom is -0.393 e. The molecule has 5 heteroatoms. The number of hydrogen-bond donors (Lipinski definition) is 2. The third-order valence-corrected chi connectivity index (χ3v) is 2.45. The lowest BCUT2D eigenvalue weighted by Crippen LogP contribution is -2.17. The highest BCUT2D eigenvalue weighted by Crippen LogP contribution is 2.12. The van der Waals surface area contributed by atoms with Crippen molar-refractivity contribution in [1.82, 2.24) is 9.78 Å². The van der Waals surface area contributed by atoms with Crippen molar-refractivity contribution in [1.29, 1.82) is 0 Å². The predicted molar refractivity (Wildman–Crippen MR) is 60.1 cm³/mol. The van der Waals surface area contributed by atoms with Gasteiger partial charge in [-0.3, -0.25) is 9.89 Å². The lowest BCUT2D eigenvalue weighted by molar-refractivity contribution is 0.607. The first-order valence-corrected chi connectivity index (χ1v) is 4.99. The minimum atomic E-state index is -0.464. The summed E-state index contributed by atoms with van der Waals surface area (Å²) in [6.45, 7) is 1.87. The van der Waals surface area contributed by atoms with Crippen molar-refractivity contribution >= 4 is 5.69 Å². The second-order valence-corrected chi connectivity index (χ2v) is 3.45. The number of benzene rings is 1. The number of anilines is 1. The number of hydrogen-bond acceptors (Lipinski definition) is 2. The van der Waals surface area contributed by atoms with E-state index in [1.807, 2.05) is 6.92 Å². The van der Waals surface area contributed by atoms with Gasteiger partial charge in [-0.1, -0.05) is 19.1 Å². The first-order valence-electron chi connectivity index (χ1n) is 4.99. The third-order valence-electron chi connectivity index (χ3n) is 2.45. The molecule has 0 saturated carbocycles. The van der Waals surface area contributed by atoms with E-state index in [0.29, 0.717) is 12.1 Å². The molecule has 0 radical (unpaired) electrons. The van der Waals surface area contributed by atoms with Crippen LogP contribution >= 0.6 is 0 Å². The van der Waals surface area contributed by atoms with Crippen LogP contribution in [-0.4, -0.2) is 9.78 Å². The molecule has 0 bridgehead atoms. The molecule has 2 rings (SSSR count). The fourth-order valence-electron chi connectivity index (χ4n) is 1.57. The maximum atomic E-state index is 13.5. The van der Waals surface area contributed by atoms with Gasteiger partial charge in [-0.15, -0.1) is 0 Å². The van der Waals surface area contributed by atoms with E-state index < -0.39 is 11.4 Å². The van der Waals surface area contributed by atoms with Gasteiger partial charge in [0.25, 0.3) is 5.56 Å². The molecule has 0 saturated heterocycles. The largest absolute Gasteiger partial charge is 0.393 e. The van der Waals surface area contributed by atoms with E-state index in [1.54, 1.807) is 12.1 Å². The molecule has 4 nitrogen and oxygen atoms in total. The van der Waals surface area contributed by atoms with Gasteiger partial charge in [0.15, 0.2) is 0 Å². The summed E-state index contributed by atoms with van der Waals surface area (Å²) < 4.78 is 14.6. The quantitative estimate of drug-likeness (QED) is 0.806. The summed E-state index contributed by atoms with van der Waals surface area (Å²) in [6.07, 6.45) is 0.600. The van der Waals surface area contributed by atoms with Crippen LogP contribution in [0.25, 0.3) is 5.69 Å². The van der Waals surface area contributed by atoms with Gasteiger partial charge in [0.2, 0.25) is 0 Å². The summed E-state index contributed by atoms with van der Waals surface area (Å²) in [5.74, 6) is -0.464. The Morgan fingerprint density at radius 3 is 2.69 bits per heavy atom. The minimum absolute atomic E-state index is 0.144. The molecule has 0 aliphatic heterocycles. The number of para-hydroxylation sites is 1. The van der Waals surface area contributed by atoms with Crippen LogP contribution in [0.1, 0.15) is 12.6 Å². The predicted octanol–water partition coefficient (Wildman–Crippen LogP) is 1.45. The van der Waals surface area contributed by atoms with Crippen molar-refractivity contribution < 1.29 is 4.39 Å². The van der Waals surface area contributed by atoms with Crippen molar-refractivity contribution in [2.45, 2.75) is 13.3 Å². The van der Waals surface area contributed by atoms with E-state index in [2.05, 4.69) is 5.10 Å². The zero-order chi connectivity index (χ0) is 11.7. The fourth-order valence-corrected chi connectivity index (χ4v) is 1.57. The van der Waals surface area contributed by atoms with E-state index in [9.17, 15) is 9.18 Å². The van der Waals surface area contributed by atoms with Crippen LogP contribution in [0.15, 0.2) is 29.1 Å². The number of nitrogens with zero attached hydrogens (tertiary/aromatic N) is 1. The smallest absolute Gasteiger partial charge is 0.294 e. The standard InChI is InChI=1S/C11H12FN3O/c1-2-8-10(13)11(16)15(14-8)9-6-4-3-5-7(9)12/h3-6,14H,2,13H2,1H3. The molecule has 1 aromatic carbocycles. The number of aromatic nitrogens is 2. The molecule has 0 atom stereocenters. The molecule has 1 aromatic heterocycles. The summed E-state index contributed by atoms with van der Waals surface area (Å²) in [4.78, 5) is 11.7. The molecule has 0 spiro atoms. The van der Waals surface area contributed by atoms with Crippen LogP contribution < -0.4 is 11.3 Å². The van der Waals surface area contributed by atoms with Gasteiger partial charge in [-0.25, -0.2) is 9.07 Å². The molecular formula is C11H12FN3O. The van der Waals surface area contributed by atoms with Gasteiger partial charge in [0, 0.05) is 0 Å². The summed E-state index contributed by atoms with van der Waals surface area (Å²) >= 11 is 0. The molecule has 2 aromatic rings. The Kier molecular flexibility index (Phi) is 2.52. The van der Waals surface area contributed by atoms with Crippen molar-refractivity contribution in [2.24, 2.45) is 0 Å². The molecule has 16 heavy (non-hydrogen) atoms. The van der Waals surface area contributed by atoms with E-state index in [-0.39, 0.29) is 11.4 Å². The molecule has 0 fully saturated rings. The third kappa shape index (κ3) is 1.50. The van der Waals surface area contributed by atoms with E-state index in [1.165, 1.54) is 12.1 Å². The highest BCUT2D eigenvalue weighted by Gasteiger charge is 2.12. The van der Waals surface area contributed by atoms with E-state index in [0.717, 1.165) is 4.68 Å². The summed E-state index contributed by atoms with van der Waals surface area (Å²) in [7, 11) is 0. The zero-order valence-electron chi connectivity index (χ0n) is 8.83. The number of aryl methyl sites for hydroxylation is 1. The van der Waals surface area contributed by atoms with Gasteiger partial charge in [-0.05, 0) is 18.6 Å². The first-order chi connectivity index (χ1) is 7.65. The number of rotatable bonds is 2. The Labute approximate surface area is 91.5 Å². The monoisotopic (exact) mass is 221 g/mol. The maximum Gasteiger partial charge on any atom is 0.294 e. The maximum absolute atomic E-state index is 13.5. The van der Waals surface area contributed by atoms with Crippen molar-refractivity contribution in [3.8, 4) is 5.69 Å². The molecule has 0 aliphatic carbocycles. The highest BCUT2D eigenvalue weighted by atomic mass is 19.1. The molecule has 0 amide bonds. The van der Waals surface area contributed by atoms with Crippen molar-refractivity contribution in [3.63, 3.8) is 0 Å². The number of nitrogens with one attached hydrogen (secondary N) is 1. The first kappa shape index (κ1) is 10.5. The topological polar surface area (TPSA) is 63.8 Å². The Hall–Kier alpha value is -2.04. The number of nitrogen functional groups attached to an aromatic ring is 1. The van der Waals surface area contributed by atoms with Crippen LogP contribution in [0.2, 0.25) is 0 Å². The lowest BCUT2D eigenvalue weighted by Gasteiger charge is -2.02. The summed E-state index contributed by atoms with van der Waals surface area (Å²) in [5, 5.41) is 2.80. The van der Waals surface area contributed by atoms with E-state index >= 15 is 0 Å². The van der Waals surface area contributed by atoms with Crippen molar-refractivity contribution in [3.05, 3.63) is 46.1 Å². The molecule has 0 unspecified atom stereocenters. The van der Waals surface area contributed by atoms with Crippen LogP contribution in [-0.2, 0) is 6.42 Å². The summed E-state index contributed by atoms with van der Waals surface area (Å²) in [5.41, 5.74) is 6.14. The average Bonchev–Trinajstić information content (AvgIpc) is 2.57. The fraction of sp³-hybridized carbons (Fsp3) is 0.182. The lowest BCUT2D eigenvalue weighted by atomic mass is 10.3. The summed E-state index contributed by atoms with van der Waals surface area (Å²) in [6, 6.07) is 6.04. The number of halogens is 1. The second kappa shape index (κ2) is 3.84. The van der Waals surface area contributed by atoms with Crippen molar-refractivity contribution in [2.75, 3.05) is 5.73 Å². The Balaban J connectivity index is 2.66. The molecule has 3 N–H and O–H groups in total. The Bertz CT molecular complexity index is 571. The number of nitrogens with two attached hydrogens (primary N) is 1. The van der Waals surface area contributed by atoms with Crippen LogP contribution in [0.3, 0.4) is 0 Å². The van der Waals surface area contributed by atoms with Gasteiger partial charge in [0.1, 0.15) is 17.2 Å². The van der Waals surface area contributed by atoms with Gasteiger partial charge in [0.05, 0.1) is 5.69 Å². The van der Waals surface area contributed by atoms with Gasteiger partial charge < -0.3 is 5.73 Å². The number of H-pyrrole nitrogens is 1. The second-order valence-electron chi connectivity index (χ2n) is 3.45. The Morgan fingerprint density at radius 1 is 1.44 bits per heavy atom. The molecule has 1 heterocycles. The van der Waals surface area contributed by atoms with Gasteiger partial charge in [-0.2, -0.15) is 0 Å². The zero-order valence-corrected chi connectivity index (χ0v) is 8.83. The normalized spacial score (nSPS) is 10.6. The van der Waals surface area contributed by atoms with Crippen LogP contribution in [0, 0.1) is 5.82 Å².